The molecule has 2 aliphatic carbocycles. The van der Waals surface area contributed by atoms with Crippen LogP contribution in [0.2, 0.25) is 0 Å². The molecule has 4 unspecified atom stereocenters. The van der Waals surface area contributed by atoms with Crippen molar-refractivity contribution in [2.24, 2.45) is 23.5 Å². The number of nitrogens with zero attached hydrogens (tertiary/aromatic N) is 1. The minimum absolute atomic E-state index is 0.0157. The zero-order valence-electron chi connectivity index (χ0n) is 12.5. The van der Waals surface area contributed by atoms with Crippen molar-refractivity contribution in [2.75, 3.05) is 13.6 Å². The zero-order chi connectivity index (χ0) is 15.0. The van der Waals surface area contributed by atoms with E-state index in [1.807, 2.05) is 7.05 Å². The number of rotatable bonds is 4. The number of benzene rings is 1. The fourth-order valence-electron chi connectivity index (χ4n) is 4.01. The molecule has 3 nitrogen and oxygen atoms in total. The van der Waals surface area contributed by atoms with E-state index in [1.54, 1.807) is 17.0 Å². The summed E-state index contributed by atoms with van der Waals surface area (Å²) >= 11 is 0. The van der Waals surface area contributed by atoms with Crippen LogP contribution in [0.15, 0.2) is 24.3 Å². The Labute approximate surface area is 125 Å². The van der Waals surface area contributed by atoms with Crippen LogP contribution in [-0.4, -0.2) is 30.4 Å². The van der Waals surface area contributed by atoms with Gasteiger partial charge in [-0.2, -0.15) is 0 Å². The Morgan fingerprint density at radius 3 is 2.57 bits per heavy atom. The van der Waals surface area contributed by atoms with Gasteiger partial charge in [0.2, 0.25) is 5.91 Å². The van der Waals surface area contributed by atoms with Crippen molar-refractivity contribution >= 4 is 5.91 Å². The van der Waals surface area contributed by atoms with Crippen molar-refractivity contribution in [1.82, 2.24) is 4.90 Å². The number of halogens is 1. The fraction of sp³-hybridized carbons (Fsp3) is 0.588. The molecule has 1 aromatic carbocycles. The summed E-state index contributed by atoms with van der Waals surface area (Å²) in [7, 11) is 1.85. The first-order valence-electron chi connectivity index (χ1n) is 7.81. The number of hydrogen-bond acceptors (Lipinski definition) is 2. The number of nitrogens with two attached hydrogens (primary N) is 1. The predicted molar refractivity (Wildman–Crippen MR) is 80.0 cm³/mol. The number of fused-ring (bicyclic) bond motifs is 2. The first-order valence-corrected chi connectivity index (χ1v) is 7.81. The van der Waals surface area contributed by atoms with Gasteiger partial charge in [0.05, 0.1) is 5.92 Å². The average molecular weight is 290 g/mol. The van der Waals surface area contributed by atoms with E-state index >= 15 is 0 Å². The summed E-state index contributed by atoms with van der Waals surface area (Å²) in [5.41, 5.74) is 7.29. The molecule has 0 heterocycles. The molecule has 0 aromatic heterocycles. The van der Waals surface area contributed by atoms with E-state index in [9.17, 15) is 9.18 Å². The SMILES string of the molecule is CN(CCc1ccc(F)cc1)C(=O)C1C2CCC(C2)C1N. The summed E-state index contributed by atoms with van der Waals surface area (Å²) in [4.78, 5) is 14.4. The molecule has 1 amide bonds. The smallest absolute Gasteiger partial charge is 0.227 e. The van der Waals surface area contributed by atoms with E-state index in [1.165, 1.54) is 18.6 Å². The molecule has 0 aliphatic heterocycles. The topological polar surface area (TPSA) is 46.3 Å². The molecule has 0 spiro atoms. The third-order valence-electron chi connectivity index (χ3n) is 5.29. The lowest BCUT2D eigenvalue weighted by Crippen LogP contribution is -2.46. The molecule has 2 aliphatic rings. The van der Waals surface area contributed by atoms with Crippen molar-refractivity contribution in [3.05, 3.63) is 35.6 Å². The maximum absolute atomic E-state index is 12.9. The number of hydrogen-bond donors (Lipinski definition) is 1. The molecular weight excluding hydrogens is 267 g/mol. The third-order valence-corrected chi connectivity index (χ3v) is 5.29. The molecule has 4 heteroatoms. The Morgan fingerprint density at radius 1 is 1.29 bits per heavy atom. The van der Waals surface area contributed by atoms with Crippen LogP contribution in [0.1, 0.15) is 24.8 Å². The van der Waals surface area contributed by atoms with Gasteiger partial charge in [0.1, 0.15) is 5.82 Å². The molecule has 21 heavy (non-hydrogen) atoms. The summed E-state index contributed by atoms with van der Waals surface area (Å²) in [6.45, 7) is 0.658. The highest BCUT2D eigenvalue weighted by atomic mass is 19.1. The Kier molecular flexibility index (Phi) is 3.98. The second kappa shape index (κ2) is 5.76. The molecule has 3 rings (SSSR count). The summed E-state index contributed by atoms with van der Waals surface area (Å²) < 4.78 is 12.9. The maximum atomic E-state index is 12.9. The van der Waals surface area contributed by atoms with Crippen LogP contribution in [-0.2, 0) is 11.2 Å². The lowest BCUT2D eigenvalue weighted by molar-refractivity contribution is -0.136. The first-order chi connectivity index (χ1) is 10.1. The average Bonchev–Trinajstić information content (AvgIpc) is 3.06. The van der Waals surface area contributed by atoms with Gasteiger partial charge in [0, 0.05) is 19.6 Å². The van der Waals surface area contributed by atoms with Crippen molar-refractivity contribution in [3.8, 4) is 0 Å². The summed E-state index contributed by atoms with van der Waals surface area (Å²) in [6.07, 6.45) is 4.22. The van der Waals surface area contributed by atoms with Gasteiger partial charge in [0.15, 0.2) is 0 Å². The molecular formula is C17H23FN2O. The van der Waals surface area contributed by atoms with E-state index in [4.69, 9.17) is 5.73 Å². The molecule has 2 N–H and O–H groups in total. The van der Waals surface area contributed by atoms with Crippen LogP contribution < -0.4 is 5.73 Å². The van der Waals surface area contributed by atoms with Gasteiger partial charge < -0.3 is 10.6 Å². The molecule has 0 saturated heterocycles. The molecule has 2 fully saturated rings. The predicted octanol–water partition coefficient (Wildman–Crippen LogP) is 2.20. The molecule has 114 valence electrons. The highest BCUT2D eigenvalue weighted by Gasteiger charge is 2.49. The first kappa shape index (κ1) is 14.5. The Bertz CT molecular complexity index is 514. The van der Waals surface area contributed by atoms with Crippen LogP contribution >= 0.6 is 0 Å². The maximum Gasteiger partial charge on any atom is 0.227 e. The van der Waals surface area contributed by atoms with Crippen LogP contribution in [0.5, 0.6) is 0 Å². The number of carbonyl (C=O) groups excluding carboxylic acids is 1. The lowest BCUT2D eigenvalue weighted by Gasteiger charge is -2.30. The van der Waals surface area contributed by atoms with E-state index in [0.29, 0.717) is 18.4 Å². The van der Waals surface area contributed by atoms with Crippen LogP contribution in [0.4, 0.5) is 4.39 Å². The minimum atomic E-state index is -0.226. The second-order valence-corrected chi connectivity index (χ2v) is 6.57. The second-order valence-electron chi connectivity index (χ2n) is 6.57. The van der Waals surface area contributed by atoms with Crippen molar-refractivity contribution in [3.63, 3.8) is 0 Å². The Balaban J connectivity index is 1.56. The lowest BCUT2D eigenvalue weighted by atomic mass is 9.84. The summed E-state index contributed by atoms with van der Waals surface area (Å²) in [5, 5.41) is 0. The molecule has 2 bridgehead atoms. The third kappa shape index (κ3) is 2.82. The Hall–Kier alpha value is -1.42. The quantitative estimate of drug-likeness (QED) is 0.924. The number of likely N-dealkylation sites (N-methyl/N-ethyl adjacent to an activating group) is 1. The molecule has 2 saturated carbocycles. The minimum Gasteiger partial charge on any atom is -0.345 e. The number of amides is 1. The Morgan fingerprint density at radius 2 is 1.95 bits per heavy atom. The van der Waals surface area contributed by atoms with Crippen molar-refractivity contribution < 1.29 is 9.18 Å². The van der Waals surface area contributed by atoms with E-state index < -0.39 is 0 Å². The normalized spacial score (nSPS) is 30.6. The van der Waals surface area contributed by atoms with Gasteiger partial charge in [-0.05, 0) is 55.2 Å². The monoisotopic (exact) mass is 290 g/mol. The fourth-order valence-corrected chi connectivity index (χ4v) is 4.01. The standard InChI is InChI=1S/C17H23FN2O/c1-20(9-8-11-2-6-14(18)7-3-11)17(21)15-12-4-5-13(10-12)16(15)19/h2-3,6-7,12-13,15-16H,4-5,8-10,19H2,1H3. The van der Waals surface area contributed by atoms with Gasteiger partial charge in [-0.1, -0.05) is 12.1 Å². The largest absolute Gasteiger partial charge is 0.345 e. The molecule has 4 atom stereocenters. The van der Waals surface area contributed by atoms with E-state index in [-0.39, 0.29) is 23.7 Å². The highest BCUT2D eigenvalue weighted by molar-refractivity contribution is 5.80. The van der Waals surface area contributed by atoms with Crippen LogP contribution in [0.3, 0.4) is 0 Å². The highest BCUT2D eigenvalue weighted by Crippen LogP contribution is 2.48. The van der Waals surface area contributed by atoms with Crippen molar-refractivity contribution in [1.29, 1.82) is 0 Å². The summed E-state index contributed by atoms with van der Waals surface area (Å²) in [5.74, 6) is 1.02. The van der Waals surface area contributed by atoms with Crippen LogP contribution in [0.25, 0.3) is 0 Å². The van der Waals surface area contributed by atoms with Crippen LogP contribution in [0, 0.1) is 23.6 Å². The number of carbonyl (C=O) groups is 1. The molecule has 0 radical (unpaired) electrons. The van der Waals surface area contributed by atoms with Gasteiger partial charge in [-0.25, -0.2) is 4.39 Å². The molecule has 1 aromatic rings. The van der Waals surface area contributed by atoms with Crippen molar-refractivity contribution in [2.45, 2.75) is 31.7 Å². The van der Waals surface area contributed by atoms with Gasteiger partial charge >= 0.3 is 0 Å². The van der Waals surface area contributed by atoms with Gasteiger partial charge in [0.25, 0.3) is 0 Å². The summed E-state index contributed by atoms with van der Waals surface area (Å²) in [6, 6.07) is 6.52. The van der Waals surface area contributed by atoms with E-state index in [2.05, 4.69) is 0 Å². The zero-order valence-corrected chi connectivity index (χ0v) is 12.5. The van der Waals surface area contributed by atoms with Gasteiger partial charge in [-0.3, -0.25) is 4.79 Å². The van der Waals surface area contributed by atoms with Gasteiger partial charge in [-0.15, -0.1) is 0 Å². The van der Waals surface area contributed by atoms with E-state index in [0.717, 1.165) is 24.8 Å².